The van der Waals surface area contributed by atoms with Gasteiger partial charge in [0.15, 0.2) is 11.6 Å². The number of sulfonamides is 1. The molecule has 2 N–H and O–H groups in total. The van der Waals surface area contributed by atoms with Crippen molar-refractivity contribution in [2.75, 3.05) is 11.9 Å². The lowest BCUT2D eigenvalue weighted by atomic mass is 10.2. The van der Waals surface area contributed by atoms with E-state index in [0.29, 0.717) is 18.7 Å². The van der Waals surface area contributed by atoms with Crippen molar-refractivity contribution in [1.29, 1.82) is 0 Å². The predicted octanol–water partition coefficient (Wildman–Crippen LogP) is 3.39. The van der Waals surface area contributed by atoms with Crippen LogP contribution in [0.2, 0.25) is 5.02 Å². The lowest BCUT2D eigenvalue weighted by molar-refractivity contribution is 0.101. The summed E-state index contributed by atoms with van der Waals surface area (Å²) >= 11 is 6.29. The van der Waals surface area contributed by atoms with Gasteiger partial charge in [-0.1, -0.05) is 24.6 Å². The van der Waals surface area contributed by atoms with Gasteiger partial charge in [0.05, 0.1) is 10.7 Å². The first-order chi connectivity index (χ1) is 12.8. The molecule has 0 saturated carbocycles. The fourth-order valence-electron chi connectivity index (χ4n) is 2.88. The Hall–Kier alpha value is -2.23. The molecule has 27 heavy (non-hydrogen) atoms. The molecule has 144 valence electrons. The van der Waals surface area contributed by atoms with E-state index in [1.54, 1.807) is 19.1 Å². The molecule has 0 spiro atoms. The van der Waals surface area contributed by atoms with E-state index in [0.717, 1.165) is 12.1 Å². The highest BCUT2D eigenvalue weighted by molar-refractivity contribution is 7.89. The zero-order chi connectivity index (χ0) is 19.8. The minimum absolute atomic E-state index is 0.0213. The van der Waals surface area contributed by atoms with Crippen molar-refractivity contribution in [3.63, 3.8) is 0 Å². The van der Waals surface area contributed by atoms with E-state index < -0.39 is 27.6 Å². The maximum absolute atomic E-state index is 13.4. The number of hydrogen-bond acceptors (Lipinski definition) is 3. The third-order valence-electron chi connectivity index (χ3n) is 3.99. The van der Waals surface area contributed by atoms with Crippen LogP contribution in [0.1, 0.15) is 29.5 Å². The Labute approximate surface area is 159 Å². The van der Waals surface area contributed by atoms with Gasteiger partial charge in [-0.2, -0.15) is 0 Å². The van der Waals surface area contributed by atoms with E-state index in [-0.39, 0.29) is 27.8 Å². The smallest absolute Gasteiger partial charge is 0.273 e. The summed E-state index contributed by atoms with van der Waals surface area (Å²) in [6, 6.07) is 2.90. The second kappa shape index (κ2) is 7.41. The molecule has 0 fully saturated rings. The predicted molar refractivity (Wildman–Crippen MR) is 98.3 cm³/mol. The molecular weight excluding hydrogens is 400 g/mol. The number of rotatable bonds is 5. The van der Waals surface area contributed by atoms with Crippen LogP contribution in [0.5, 0.6) is 0 Å². The molecule has 1 amide bonds. The number of fused-ring (bicyclic) bond motifs is 1. The fourth-order valence-corrected chi connectivity index (χ4v) is 4.78. The maximum atomic E-state index is 13.4. The third kappa shape index (κ3) is 3.62. The number of nitrogens with one attached hydrogen (secondary N) is 2. The second-order valence-electron chi connectivity index (χ2n) is 5.80. The minimum atomic E-state index is -3.92. The SMILES string of the molecule is CCNS(=O)(=O)c1c(Cl)c(C(=O)Nc2ccc(F)c(F)c2)n2c1C=CCC2. The molecule has 1 aliphatic heterocycles. The summed E-state index contributed by atoms with van der Waals surface area (Å²) in [5, 5.41) is 2.20. The lowest BCUT2D eigenvalue weighted by Crippen LogP contribution is -2.24. The van der Waals surface area contributed by atoms with Crippen LogP contribution in [-0.4, -0.2) is 25.4 Å². The van der Waals surface area contributed by atoms with E-state index in [1.165, 1.54) is 10.6 Å². The highest BCUT2D eigenvalue weighted by Gasteiger charge is 2.32. The number of allylic oxidation sites excluding steroid dienone is 1. The molecule has 0 unspecified atom stereocenters. The van der Waals surface area contributed by atoms with Gasteiger partial charge in [0.25, 0.3) is 5.91 Å². The van der Waals surface area contributed by atoms with Crippen LogP contribution in [0.25, 0.3) is 6.08 Å². The van der Waals surface area contributed by atoms with Crippen molar-refractivity contribution in [2.24, 2.45) is 0 Å². The molecule has 3 rings (SSSR count). The molecule has 0 saturated heterocycles. The van der Waals surface area contributed by atoms with Crippen LogP contribution in [0.15, 0.2) is 29.2 Å². The van der Waals surface area contributed by atoms with Crippen LogP contribution in [0, 0.1) is 11.6 Å². The molecule has 2 heterocycles. The summed E-state index contributed by atoms with van der Waals surface area (Å²) in [6.07, 6.45) is 3.96. The number of amides is 1. The van der Waals surface area contributed by atoms with Crippen molar-refractivity contribution in [2.45, 2.75) is 24.8 Å². The number of anilines is 1. The van der Waals surface area contributed by atoms with Crippen molar-refractivity contribution >= 4 is 39.3 Å². The summed E-state index contributed by atoms with van der Waals surface area (Å²) in [6.45, 7) is 2.14. The van der Waals surface area contributed by atoms with Gasteiger partial charge in [0.2, 0.25) is 10.0 Å². The monoisotopic (exact) mass is 415 g/mol. The molecule has 1 aromatic carbocycles. The van der Waals surface area contributed by atoms with Gasteiger partial charge in [-0.05, 0) is 24.6 Å². The molecule has 0 bridgehead atoms. The summed E-state index contributed by atoms with van der Waals surface area (Å²) in [5.41, 5.74) is 0.257. The summed E-state index contributed by atoms with van der Waals surface area (Å²) in [4.78, 5) is 12.5. The number of nitrogens with zero attached hydrogens (tertiary/aromatic N) is 1. The number of benzene rings is 1. The van der Waals surface area contributed by atoms with Crippen LogP contribution >= 0.6 is 11.6 Å². The molecule has 10 heteroatoms. The fraction of sp³-hybridized carbons (Fsp3) is 0.235. The Morgan fingerprint density at radius 1 is 1.30 bits per heavy atom. The highest BCUT2D eigenvalue weighted by Crippen LogP contribution is 2.35. The molecule has 2 aromatic rings. The Morgan fingerprint density at radius 3 is 2.70 bits per heavy atom. The first-order valence-electron chi connectivity index (χ1n) is 8.11. The Balaban J connectivity index is 2.07. The summed E-state index contributed by atoms with van der Waals surface area (Å²) in [5.74, 6) is -2.88. The Bertz CT molecular complexity index is 1050. The minimum Gasteiger partial charge on any atom is -0.334 e. The van der Waals surface area contributed by atoms with Gasteiger partial charge in [-0.15, -0.1) is 0 Å². The van der Waals surface area contributed by atoms with Crippen LogP contribution in [0.3, 0.4) is 0 Å². The average Bonchev–Trinajstić information content (AvgIpc) is 2.90. The van der Waals surface area contributed by atoms with Crippen molar-refractivity contribution in [1.82, 2.24) is 9.29 Å². The van der Waals surface area contributed by atoms with Crippen molar-refractivity contribution in [3.8, 4) is 0 Å². The van der Waals surface area contributed by atoms with Crippen molar-refractivity contribution in [3.05, 3.63) is 52.3 Å². The molecule has 6 nitrogen and oxygen atoms in total. The zero-order valence-corrected chi connectivity index (χ0v) is 15.8. The van der Waals surface area contributed by atoms with Crippen molar-refractivity contribution < 1.29 is 22.0 Å². The first kappa shape index (κ1) is 19.5. The average molecular weight is 416 g/mol. The number of hydrogen-bond donors (Lipinski definition) is 2. The van der Waals surface area contributed by atoms with Gasteiger partial charge in [-0.25, -0.2) is 21.9 Å². The normalized spacial score (nSPS) is 13.5. The summed E-state index contributed by atoms with van der Waals surface area (Å²) in [7, 11) is -3.92. The molecule has 1 aliphatic rings. The molecule has 1 aromatic heterocycles. The van der Waals surface area contributed by atoms with Crippen LogP contribution in [-0.2, 0) is 16.6 Å². The molecule has 0 atom stereocenters. The van der Waals surface area contributed by atoms with Gasteiger partial charge < -0.3 is 9.88 Å². The van der Waals surface area contributed by atoms with E-state index in [1.807, 2.05) is 0 Å². The number of aromatic nitrogens is 1. The largest absolute Gasteiger partial charge is 0.334 e. The highest BCUT2D eigenvalue weighted by atomic mass is 35.5. The van der Waals surface area contributed by atoms with Gasteiger partial charge >= 0.3 is 0 Å². The molecule has 0 radical (unpaired) electrons. The number of carbonyl (C=O) groups is 1. The van der Waals surface area contributed by atoms with E-state index in [4.69, 9.17) is 11.6 Å². The molecule has 0 aliphatic carbocycles. The topological polar surface area (TPSA) is 80.2 Å². The lowest BCUT2D eigenvalue weighted by Gasteiger charge is -2.14. The zero-order valence-electron chi connectivity index (χ0n) is 14.2. The van der Waals surface area contributed by atoms with Crippen LogP contribution < -0.4 is 10.0 Å². The third-order valence-corrected chi connectivity index (χ3v) is 6.09. The van der Waals surface area contributed by atoms with E-state index in [2.05, 4.69) is 10.0 Å². The maximum Gasteiger partial charge on any atom is 0.273 e. The van der Waals surface area contributed by atoms with Gasteiger partial charge in [0, 0.05) is 24.8 Å². The number of carbonyl (C=O) groups excluding carboxylic acids is 1. The van der Waals surface area contributed by atoms with Crippen LogP contribution in [0.4, 0.5) is 14.5 Å². The standard InChI is InChI=1S/C17H16ClF2N3O3S/c1-2-21-27(25,26)16-13-5-3-4-8-23(13)15(14(16)18)17(24)22-10-6-7-11(19)12(20)9-10/h3,5-7,9,21H,2,4,8H2,1H3,(H,22,24). The second-order valence-corrected chi connectivity index (χ2v) is 7.89. The van der Waals surface area contributed by atoms with Gasteiger partial charge in [0.1, 0.15) is 10.6 Å². The Kier molecular flexibility index (Phi) is 5.36. The first-order valence-corrected chi connectivity index (χ1v) is 9.97. The van der Waals surface area contributed by atoms with E-state index >= 15 is 0 Å². The summed E-state index contributed by atoms with van der Waals surface area (Å²) < 4.78 is 55.4. The quantitative estimate of drug-likeness (QED) is 0.785. The van der Waals surface area contributed by atoms with Gasteiger partial charge in [-0.3, -0.25) is 4.79 Å². The van der Waals surface area contributed by atoms with E-state index in [9.17, 15) is 22.0 Å². The Morgan fingerprint density at radius 2 is 2.04 bits per heavy atom. The number of halogens is 3. The molecular formula is C17H16ClF2N3O3S.